The third-order valence-electron chi connectivity index (χ3n) is 2.35. The summed E-state index contributed by atoms with van der Waals surface area (Å²) in [5, 5.41) is 10.5. The predicted molar refractivity (Wildman–Crippen MR) is 65.7 cm³/mol. The van der Waals surface area contributed by atoms with Crippen molar-refractivity contribution in [3.05, 3.63) is 52.5 Å². The molecular weight excluding hydrogens is 272 g/mol. The van der Waals surface area contributed by atoms with Crippen LogP contribution in [-0.4, -0.2) is 23.3 Å². The molecule has 0 aliphatic carbocycles. The number of sulfonamides is 1. The first-order chi connectivity index (χ1) is 8.99. The summed E-state index contributed by atoms with van der Waals surface area (Å²) < 4.78 is 25.9. The molecule has 0 atom stereocenters. The minimum Gasteiger partial charge on any atom is -0.335 e. The molecule has 0 unspecified atom stereocenters. The van der Waals surface area contributed by atoms with Gasteiger partial charge in [-0.15, -0.1) is 0 Å². The highest BCUT2D eigenvalue weighted by molar-refractivity contribution is 7.89. The van der Waals surface area contributed by atoms with Gasteiger partial charge in [0.05, 0.1) is 17.4 Å². The van der Waals surface area contributed by atoms with E-state index in [0.717, 1.165) is 0 Å². The number of nitro benzene ring substituents is 1. The summed E-state index contributed by atoms with van der Waals surface area (Å²) >= 11 is 0. The van der Waals surface area contributed by atoms with Gasteiger partial charge in [-0.2, -0.15) is 0 Å². The van der Waals surface area contributed by atoms with E-state index in [9.17, 15) is 18.5 Å². The summed E-state index contributed by atoms with van der Waals surface area (Å²) in [7, 11) is -3.69. The molecule has 100 valence electrons. The monoisotopic (exact) mass is 282 g/mol. The lowest BCUT2D eigenvalue weighted by Gasteiger charge is -2.04. The lowest BCUT2D eigenvalue weighted by Crippen LogP contribution is -2.23. The van der Waals surface area contributed by atoms with Gasteiger partial charge < -0.3 is 4.98 Å². The first kappa shape index (κ1) is 13.2. The number of aromatic amines is 1. The zero-order valence-electron chi connectivity index (χ0n) is 9.61. The predicted octanol–water partition coefficient (Wildman–Crippen LogP) is 0.796. The van der Waals surface area contributed by atoms with Crippen LogP contribution in [0.5, 0.6) is 0 Å². The first-order valence-electron chi connectivity index (χ1n) is 5.20. The van der Waals surface area contributed by atoms with Gasteiger partial charge in [0.25, 0.3) is 15.7 Å². The average Bonchev–Trinajstić information content (AvgIpc) is 2.91. The summed E-state index contributed by atoms with van der Waals surface area (Å²) in [4.78, 5) is 16.2. The van der Waals surface area contributed by atoms with Crippen LogP contribution in [-0.2, 0) is 16.6 Å². The normalized spacial score (nSPS) is 11.4. The molecule has 1 aromatic carbocycles. The molecule has 1 heterocycles. The molecule has 0 bridgehead atoms. The Morgan fingerprint density at radius 1 is 1.42 bits per heavy atom. The van der Waals surface area contributed by atoms with Crippen LogP contribution in [0, 0.1) is 10.1 Å². The summed E-state index contributed by atoms with van der Waals surface area (Å²) in [6.45, 7) is -0.0387. The van der Waals surface area contributed by atoms with Crippen LogP contribution in [0.2, 0.25) is 0 Å². The van der Waals surface area contributed by atoms with E-state index >= 15 is 0 Å². The first-order valence-corrected chi connectivity index (χ1v) is 6.69. The van der Waals surface area contributed by atoms with E-state index < -0.39 is 14.9 Å². The summed E-state index contributed by atoms with van der Waals surface area (Å²) in [6, 6.07) is 5.75. The molecule has 0 radical (unpaired) electrons. The second-order valence-corrected chi connectivity index (χ2v) is 5.40. The molecule has 9 heteroatoms. The van der Waals surface area contributed by atoms with Crippen LogP contribution in [0.1, 0.15) is 5.56 Å². The van der Waals surface area contributed by atoms with Gasteiger partial charge in [0.1, 0.15) is 0 Å². The molecule has 0 aliphatic heterocycles. The number of aromatic nitrogens is 2. The molecule has 0 saturated heterocycles. The number of benzene rings is 1. The Kier molecular flexibility index (Phi) is 3.58. The van der Waals surface area contributed by atoms with Crippen molar-refractivity contribution in [1.82, 2.24) is 14.7 Å². The molecule has 8 nitrogen and oxygen atoms in total. The van der Waals surface area contributed by atoms with Crippen molar-refractivity contribution in [1.29, 1.82) is 0 Å². The van der Waals surface area contributed by atoms with E-state index in [2.05, 4.69) is 14.7 Å². The van der Waals surface area contributed by atoms with Crippen molar-refractivity contribution < 1.29 is 13.3 Å². The summed E-state index contributed by atoms with van der Waals surface area (Å²) in [6.07, 6.45) is 2.43. The molecule has 0 fully saturated rings. The van der Waals surface area contributed by atoms with Crippen LogP contribution in [0.25, 0.3) is 0 Å². The van der Waals surface area contributed by atoms with Crippen molar-refractivity contribution in [3.63, 3.8) is 0 Å². The Balaban J connectivity index is 2.11. The summed E-state index contributed by atoms with van der Waals surface area (Å²) in [5.74, 6) is 0. The van der Waals surface area contributed by atoms with Gasteiger partial charge in [0, 0.05) is 18.7 Å². The van der Waals surface area contributed by atoms with Gasteiger partial charge in [0.2, 0.25) is 0 Å². The largest absolute Gasteiger partial charge is 0.335 e. The minimum atomic E-state index is -3.69. The van der Waals surface area contributed by atoms with E-state index in [1.807, 2.05) is 0 Å². The number of H-pyrrole nitrogens is 1. The fourth-order valence-corrected chi connectivity index (χ4v) is 2.35. The van der Waals surface area contributed by atoms with Crippen molar-refractivity contribution in [2.75, 3.05) is 0 Å². The number of nitro groups is 1. The fourth-order valence-electron chi connectivity index (χ4n) is 1.43. The van der Waals surface area contributed by atoms with Gasteiger partial charge in [-0.1, -0.05) is 12.1 Å². The highest BCUT2D eigenvalue weighted by Gasteiger charge is 2.15. The second-order valence-electron chi connectivity index (χ2n) is 3.67. The Labute approximate surface area is 108 Å². The zero-order valence-corrected chi connectivity index (χ0v) is 10.4. The topological polar surface area (TPSA) is 118 Å². The molecule has 0 aliphatic rings. The molecule has 2 aromatic rings. The van der Waals surface area contributed by atoms with E-state index in [4.69, 9.17) is 0 Å². The van der Waals surface area contributed by atoms with Crippen molar-refractivity contribution >= 4 is 15.7 Å². The number of nitrogens with one attached hydrogen (secondary N) is 2. The van der Waals surface area contributed by atoms with Crippen molar-refractivity contribution in [3.8, 4) is 0 Å². The number of nitrogens with zero attached hydrogens (tertiary/aromatic N) is 2. The van der Waals surface area contributed by atoms with Crippen LogP contribution < -0.4 is 4.72 Å². The lowest BCUT2D eigenvalue weighted by atomic mass is 10.2. The Bertz CT molecular complexity index is 681. The quantitative estimate of drug-likeness (QED) is 0.621. The molecule has 0 amide bonds. The number of imidazole rings is 1. The number of hydrogen-bond acceptors (Lipinski definition) is 5. The fraction of sp³-hybridized carbons (Fsp3) is 0.100. The van der Waals surface area contributed by atoms with Crippen LogP contribution in [0.3, 0.4) is 0 Å². The third-order valence-corrected chi connectivity index (χ3v) is 3.68. The van der Waals surface area contributed by atoms with Gasteiger partial charge in [0.15, 0.2) is 5.03 Å². The van der Waals surface area contributed by atoms with Crippen molar-refractivity contribution in [2.45, 2.75) is 11.6 Å². The van der Waals surface area contributed by atoms with Crippen LogP contribution in [0.4, 0.5) is 5.69 Å². The Morgan fingerprint density at radius 2 is 2.21 bits per heavy atom. The molecule has 1 aromatic heterocycles. The minimum absolute atomic E-state index is 0.0387. The molecular formula is C10H10N4O4S. The standard InChI is InChI=1S/C10H10N4O4S/c15-14(16)9-3-1-2-8(4-9)5-13-19(17,18)10-6-11-7-12-10/h1-4,6-7,13H,5H2,(H,11,12). The average molecular weight is 282 g/mol. The van der Waals surface area contributed by atoms with E-state index in [1.54, 1.807) is 6.07 Å². The number of rotatable bonds is 5. The number of hydrogen-bond donors (Lipinski definition) is 2. The Hall–Kier alpha value is -2.26. The van der Waals surface area contributed by atoms with Gasteiger partial charge in [-0.05, 0) is 5.56 Å². The maximum Gasteiger partial charge on any atom is 0.269 e. The van der Waals surface area contributed by atoms with E-state index in [1.165, 1.54) is 30.7 Å². The van der Waals surface area contributed by atoms with Crippen LogP contribution in [0.15, 0.2) is 41.8 Å². The lowest BCUT2D eigenvalue weighted by molar-refractivity contribution is -0.384. The summed E-state index contributed by atoms with van der Waals surface area (Å²) in [5.41, 5.74) is 0.413. The van der Waals surface area contributed by atoms with Crippen molar-refractivity contribution in [2.24, 2.45) is 0 Å². The molecule has 0 saturated carbocycles. The highest BCUT2D eigenvalue weighted by Crippen LogP contribution is 2.13. The molecule has 19 heavy (non-hydrogen) atoms. The zero-order chi connectivity index (χ0) is 13.9. The smallest absolute Gasteiger partial charge is 0.269 e. The maximum absolute atomic E-state index is 11.8. The SMILES string of the molecule is O=[N+]([O-])c1cccc(CNS(=O)(=O)c2cnc[nH]2)c1. The van der Waals surface area contributed by atoms with Gasteiger partial charge >= 0.3 is 0 Å². The highest BCUT2D eigenvalue weighted by atomic mass is 32.2. The van der Waals surface area contributed by atoms with Gasteiger partial charge in [-0.3, -0.25) is 10.1 Å². The number of non-ortho nitro benzene ring substituents is 1. The van der Waals surface area contributed by atoms with Crippen LogP contribution >= 0.6 is 0 Å². The van der Waals surface area contributed by atoms with E-state index in [-0.39, 0.29) is 17.3 Å². The molecule has 2 N–H and O–H groups in total. The van der Waals surface area contributed by atoms with Gasteiger partial charge in [-0.25, -0.2) is 18.1 Å². The Morgan fingerprint density at radius 3 is 2.84 bits per heavy atom. The maximum atomic E-state index is 11.8. The molecule has 0 spiro atoms. The molecule has 2 rings (SSSR count). The third kappa shape index (κ3) is 3.14. The second kappa shape index (κ2) is 5.16. The van der Waals surface area contributed by atoms with E-state index in [0.29, 0.717) is 5.56 Å².